The van der Waals surface area contributed by atoms with Crippen LogP contribution in [-0.4, -0.2) is 16.7 Å². The Hall–Kier alpha value is -6.56. The van der Waals surface area contributed by atoms with Gasteiger partial charge in [0, 0.05) is 33.5 Å². The number of rotatable bonds is 8. The number of benzene rings is 6. The molecule has 6 aromatic carbocycles. The highest BCUT2D eigenvalue weighted by atomic mass is 32.1. The molecule has 0 radical (unpaired) electrons. The third-order valence-corrected chi connectivity index (χ3v) is 11.3. The van der Waals surface area contributed by atoms with Gasteiger partial charge in [0.05, 0.1) is 5.52 Å². The number of fused-ring (bicyclic) bond motifs is 4. The van der Waals surface area contributed by atoms with Gasteiger partial charge in [-0.25, -0.2) is 9.98 Å². The Labute approximate surface area is 347 Å². The Kier molecular flexibility index (Phi) is 11.2. The normalized spacial score (nSPS) is 15.6. The first-order chi connectivity index (χ1) is 28.5. The highest BCUT2D eigenvalue weighted by molar-refractivity contribution is 7.80. The Morgan fingerprint density at radius 3 is 2.16 bits per heavy atom. The molecule has 1 aliphatic heterocycles. The van der Waals surface area contributed by atoms with Crippen molar-refractivity contribution >= 4 is 40.8 Å². The summed E-state index contributed by atoms with van der Waals surface area (Å²) in [7, 11) is 0. The zero-order valence-corrected chi connectivity index (χ0v) is 34.2. The van der Waals surface area contributed by atoms with Crippen molar-refractivity contribution in [1.29, 1.82) is 0 Å². The van der Waals surface area contributed by atoms with Gasteiger partial charge in [-0.15, -0.1) is 12.6 Å². The number of pyridine rings is 1. The fourth-order valence-corrected chi connectivity index (χ4v) is 8.53. The van der Waals surface area contributed by atoms with E-state index < -0.39 is 0 Å². The standard InChI is InChI=1S/C51H40N4S.C2H6/c1-4-5-7-15-32(2)37-18-10-24-44(48(37)56)51-54-49(36-16-8-6-9-17-36)53-50(55-51)43-23-11-19-38-33(3)46-40(21-12-22-42(46)47(38)43)35-29-27-34(28-30-35)39-20-13-26-45-41(39)25-14-31-52-45;1-2/h4-31,33,49,56H,2H2,1,3H3,(H,53,54,55);1-2H3/b5-4-,15-7-;. The molecule has 9 rings (SSSR count). The Morgan fingerprint density at radius 2 is 1.36 bits per heavy atom. The second-order valence-corrected chi connectivity index (χ2v) is 14.6. The number of hydrogen-bond donors (Lipinski definition) is 2. The first-order valence-electron chi connectivity index (χ1n) is 20.0. The van der Waals surface area contributed by atoms with Crippen LogP contribution in [0.4, 0.5) is 0 Å². The van der Waals surface area contributed by atoms with Crippen LogP contribution in [-0.2, 0) is 0 Å². The van der Waals surface area contributed by atoms with Crippen LogP contribution in [0.15, 0.2) is 191 Å². The van der Waals surface area contributed by atoms with Gasteiger partial charge in [0.15, 0.2) is 5.84 Å². The van der Waals surface area contributed by atoms with Crippen LogP contribution < -0.4 is 5.32 Å². The summed E-state index contributed by atoms with van der Waals surface area (Å²) in [6, 6.07) is 49.2. The van der Waals surface area contributed by atoms with E-state index >= 15 is 0 Å². The number of aliphatic imine (C=N–C) groups is 2. The smallest absolute Gasteiger partial charge is 0.160 e. The lowest BCUT2D eigenvalue weighted by molar-refractivity contribution is 0.674. The van der Waals surface area contributed by atoms with Crippen LogP contribution in [0.3, 0.4) is 0 Å². The molecule has 284 valence electrons. The van der Waals surface area contributed by atoms with Crippen molar-refractivity contribution < 1.29 is 0 Å². The molecule has 1 aliphatic carbocycles. The zero-order valence-electron chi connectivity index (χ0n) is 33.3. The van der Waals surface area contributed by atoms with Crippen molar-refractivity contribution in [2.75, 3.05) is 0 Å². The summed E-state index contributed by atoms with van der Waals surface area (Å²) in [6.45, 7) is 12.7. The molecule has 0 bridgehead atoms. The number of nitrogens with zero attached hydrogens (tertiary/aromatic N) is 3. The Bertz CT molecular complexity index is 2770. The van der Waals surface area contributed by atoms with Crippen LogP contribution in [0.25, 0.3) is 49.9 Å². The summed E-state index contributed by atoms with van der Waals surface area (Å²) in [5, 5.41) is 4.89. The Morgan fingerprint density at radius 1 is 0.690 bits per heavy atom. The minimum absolute atomic E-state index is 0.185. The molecule has 0 saturated heterocycles. The average Bonchev–Trinajstić information content (AvgIpc) is 3.58. The van der Waals surface area contributed by atoms with E-state index in [0.29, 0.717) is 5.84 Å². The summed E-state index contributed by atoms with van der Waals surface area (Å²) in [5.74, 6) is 1.60. The van der Waals surface area contributed by atoms with E-state index in [1.54, 1.807) is 0 Å². The lowest BCUT2D eigenvalue weighted by atomic mass is 9.90. The minimum atomic E-state index is -0.343. The van der Waals surface area contributed by atoms with Crippen LogP contribution >= 0.6 is 12.6 Å². The molecule has 0 amide bonds. The van der Waals surface area contributed by atoms with Gasteiger partial charge in [-0.2, -0.15) is 0 Å². The fourth-order valence-electron chi connectivity index (χ4n) is 8.14. The van der Waals surface area contributed by atoms with Gasteiger partial charge in [-0.1, -0.05) is 179 Å². The first kappa shape index (κ1) is 38.3. The van der Waals surface area contributed by atoms with Crippen LogP contribution in [0.2, 0.25) is 0 Å². The quantitative estimate of drug-likeness (QED) is 0.119. The van der Waals surface area contributed by atoms with E-state index in [4.69, 9.17) is 22.6 Å². The molecule has 2 atom stereocenters. The molecule has 2 heterocycles. The molecule has 0 spiro atoms. The van der Waals surface area contributed by atoms with E-state index in [1.807, 2.05) is 81.6 Å². The average molecular weight is 771 g/mol. The first-order valence-corrected chi connectivity index (χ1v) is 20.4. The van der Waals surface area contributed by atoms with Crippen molar-refractivity contribution in [3.8, 4) is 33.4 Å². The third-order valence-electron chi connectivity index (χ3n) is 10.9. The van der Waals surface area contributed by atoms with Crippen LogP contribution in [0, 0.1) is 0 Å². The molecular weight excluding hydrogens is 725 g/mol. The maximum absolute atomic E-state index is 5.29. The summed E-state index contributed by atoms with van der Waals surface area (Å²) in [4.78, 5) is 15.9. The van der Waals surface area contributed by atoms with E-state index in [9.17, 15) is 0 Å². The van der Waals surface area contributed by atoms with Gasteiger partial charge in [0.1, 0.15) is 12.0 Å². The maximum atomic E-state index is 5.29. The highest BCUT2D eigenvalue weighted by Gasteiger charge is 2.33. The largest absolute Gasteiger partial charge is 0.344 e. The molecule has 0 fully saturated rings. The number of allylic oxidation sites excluding steroid dienone is 5. The van der Waals surface area contributed by atoms with Crippen LogP contribution in [0.5, 0.6) is 0 Å². The number of hydrogen-bond acceptors (Lipinski definition) is 5. The highest BCUT2D eigenvalue weighted by Crippen LogP contribution is 2.50. The molecule has 58 heavy (non-hydrogen) atoms. The second-order valence-electron chi connectivity index (χ2n) is 14.2. The van der Waals surface area contributed by atoms with E-state index in [2.05, 4.69) is 133 Å². The van der Waals surface area contributed by atoms with Gasteiger partial charge < -0.3 is 5.32 Å². The minimum Gasteiger partial charge on any atom is -0.344 e. The fraction of sp³-hybridized carbons (Fsp3) is 0.113. The molecule has 5 heteroatoms. The lowest BCUT2D eigenvalue weighted by Gasteiger charge is -2.25. The zero-order chi connectivity index (χ0) is 40.2. The monoisotopic (exact) mass is 770 g/mol. The molecule has 2 aliphatic rings. The lowest BCUT2D eigenvalue weighted by Crippen LogP contribution is -2.34. The van der Waals surface area contributed by atoms with Gasteiger partial charge in [0.2, 0.25) is 0 Å². The number of thiol groups is 1. The molecule has 1 aromatic heterocycles. The third kappa shape index (κ3) is 7.14. The number of amidine groups is 2. The van der Waals surface area contributed by atoms with Crippen molar-refractivity contribution in [2.45, 2.75) is 44.7 Å². The topological polar surface area (TPSA) is 49.6 Å². The van der Waals surface area contributed by atoms with Crippen molar-refractivity contribution in [3.05, 3.63) is 210 Å². The second kappa shape index (κ2) is 16.9. The van der Waals surface area contributed by atoms with Gasteiger partial charge in [0.25, 0.3) is 0 Å². The van der Waals surface area contributed by atoms with Crippen molar-refractivity contribution in [3.63, 3.8) is 0 Å². The predicted octanol–water partition coefficient (Wildman–Crippen LogP) is 13.7. The summed E-state index contributed by atoms with van der Waals surface area (Å²) < 4.78 is 0. The van der Waals surface area contributed by atoms with E-state index in [-0.39, 0.29) is 12.1 Å². The number of nitrogens with one attached hydrogen (secondary N) is 1. The maximum Gasteiger partial charge on any atom is 0.160 e. The molecule has 7 aromatic rings. The van der Waals surface area contributed by atoms with Gasteiger partial charge >= 0.3 is 0 Å². The van der Waals surface area contributed by atoms with E-state index in [1.165, 1.54) is 44.5 Å². The van der Waals surface area contributed by atoms with Gasteiger partial charge in [-0.3, -0.25) is 4.98 Å². The Balaban J connectivity index is 0.00000231. The molecule has 0 saturated carbocycles. The summed E-state index contributed by atoms with van der Waals surface area (Å²) >= 11 is 5.06. The van der Waals surface area contributed by atoms with Crippen molar-refractivity contribution in [1.82, 2.24) is 10.3 Å². The summed E-state index contributed by atoms with van der Waals surface area (Å²) in [6.07, 6.45) is 9.49. The van der Waals surface area contributed by atoms with Crippen molar-refractivity contribution in [2.24, 2.45) is 9.98 Å². The predicted molar refractivity (Wildman–Crippen MR) is 249 cm³/mol. The summed E-state index contributed by atoms with van der Waals surface area (Å²) in [5.41, 5.74) is 15.6. The molecule has 4 nitrogen and oxygen atoms in total. The van der Waals surface area contributed by atoms with Crippen LogP contribution in [0.1, 0.15) is 73.2 Å². The van der Waals surface area contributed by atoms with Gasteiger partial charge in [-0.05, 0) is 80.3 Å². The van der Waals surface area contributed by atoms with E-state index in [0.717, 1.165) is 49.5 Å². The molecule has 1 N–H and O–H groups in total. The number of aromatic nitrogens is 1. The molecular formula is C53H46N4S. The SMILES string of the molecule is C=C(/C=C\C=C/C)c1cccc(C2=NC(c3ccccc3)NC(c3cccc4c3-c3cccc(-c5ccc(-c6cccc7ncccc67)cc5)c3C4C)=N2)c1S.CC. The molecule has 2 unspecified atom stereocenters.